The normalized spacial score (nSPS) is 11.6. The molecule has 1 aromatic heterocycles. The van der Waals surface area contributed by atoms with E-state index in [0.29, 0.717) is 36.1 Å². The van der Waals surface area contributed by atoms with Gasteiger partial charge in [-0.25, -0.2) is 4.68 Å². The Labute approximate surface area is 184 Å². The molecule has 164 valence electrons. The van der Waals surface area contributed by atoms with Crippen LogP contribution in [-0.4, -0.2) is 28.1 Å². The van der Waals surface area contributed by atoms with Crippen LogP contribution in [0.4, 0.5) is 5.82 Å². The summed E-state index contributed by atoms with van der Waals surface area (Å²) in [5, 5.41) is 11.1. The summed E-state index contributed by atoms with van der Waals surface area (Å²) in [5.74, 6) is 0.989. The second-order valence-electron chi connectivity index (χ2n) is 8.99. The molecule has 0 aliphatic rings. The van der Waals surface area contributed by atoms with Crippen molar-refractivity contribution >= 4 is 29.2 Å². The number of carbonyl (C=O) groups is 2. The Morgan fingerprint density at radius 1 is 1.13 bits per heavy atom. The molecule has 0 spiro atoms. The van der Waals surface area contributed by atoms with Crippen molar-refractivity contribution in [3.63, 3.8) is 0 Å². The van der Waals surface area contributed by atoms with Crippen molar-refractivity contribution in [2.75, 3.05) is 11.9 Å². The van der Waals surface area contributed by atoms with Crippen molar-refractivity contribution in [3.05, 3.63) is 41.0 Å². The second-order valence-corrected chi connectivity index (χ2v) is 9.43. The maximum atomic E-state index is 12.5. The van der Waals surface area contributed by atoms with Crippen LogP contribution in [0, 0.1) is 5.92 Å². The summed E-state index contributed by atoms with van der Waals surface area (Å²) < 4.78 is 1.70. The van der Waals surface area contributed by atoms with Gasteiger partial charge in [0, 0.05) is 35.9 Å². The molecule has 0 aliphatic carbocycles. The number of hydrogen-bond donors (Lipinski definition) is 2. The van der Waals surface area contributed by atoms with Crippen LogP contribution in [0.5, 0.6) is 0 Å². The summed E-state index contributed by atoms with van der Waals surface area (Å²) >= 11 is 6.13. The van der Waals surface area contributed by atoms with Gasteiger partial charge in [0.1, 0.15) is 5.82 Å². The lowest BCUT2D eigenvalue weighted by atomic mass is 9.92. The summed E-state index contributed by atoms with van der Waals surface area (Å²) in [4.78, 5) is 24.4. The van der Waals surface area contributed by atoms with Gasteiger partial charge in [0.2, 0.25) is 11.8 Å². The predicted octanol–water partition coefficient (Wildman–Crippen LogP) is 5.09. The monoisotopic (exact) mass is 432 g/mol. The van der Waals surface area contributed by atoms with Crippen LogP contribution in [-0.2, 0) is 15.0 Å². The molecule has 2 rings (SSSR count). The molecule has 30 heavy (non-hydrogen) atoms. The number of nitrogens with one attached hydrogen (secondary N) is 2. The van der Waals surface area contributed by atoms with Crippen molar-refractivity contribution in [2.45, 2.75) is 65.7 Å². The van der Waals surface area contributed by atoms with Gasteiger partial charge in [-0.15, -0.1) is 0 Å². The third-order valence-corrected chi connectivity index (χ3v) is 4.88. The third-order valence-electron chi connectivity index (χ3n) is 4.65. The minimum absolute atomic E-state index is 0.0116. The van der Waals surface area contributed by atoms with Gasteiger partial charge in [0.25, 0.3) is 0 Å². The lowest BCUT2D eigenvalue weighted by Gasteiger charge is -2.14. The van der Waals surface area contributed by atoms with Gasteiger partial charge >= 0.3 is 0 Å². The molecule has 0 radical (unpaired) electrons. The summed E-state index contributed by atoms with van der Waals surface area (Å²) in [6, 6.07) is 9.22. The number of halogens is 1. The standard InChI is InChI=1S/C23H33ClN4O2/c1-16(2)12-13-25-21(29)10-7-11-22(30)26-20-15-19(23(3,4)5)27-28(20)18-9-6-8-17(24)14-18/h6,8-9,14-16H,7,10-13H2,1-5H3,(H,25,29)(H,26,30). The van der Waals surface area contributed by atoms with E-state index < -0.39 is 0 Å². The van der Waals surface area contributed by atoms with Gasteiger partial charge in [-0.1, -0.05) is 52.3 Å². The van der Waals surface area contributed by atoms with E-state index in [9.17, 15) is 9.59 Å². The molecule has 2 amide bonds. The number of carbonyl (C=O) groups excluding carboxylic acids is 2. The Morgan fingerprint density at radius 2 is 1.83 bits per heavy atom. The molecule has 6 nitrogen and oxygen atoms in total. The fourth-order valence-corrected chi connectivity index (χ4v) is 3.03. The van der Waals surface area contributed by atoms with Crippen molar-refractivity contribution < 1.29 is 9.59 Å². The van der Waals surface area contributed by atoms with Crippen LogP contribution in [0.25, 0.3) is 5.69 Å². The zero-order valence-corrected chi connectivity index (χ0v) is 19.3. The minimum atomic E-state index is -0.169. The maximum absolute atomic E-state index is 12.5. The summed E-state index contributed by atoms with van der Waals surface area (Å²) in [6.45, 7) is 11.1. The van der Waals surface area contributed by atoms with Gasteiger partial charge in [0.15, 0.2) is 0 Å². The van der Waals surface area contributed by atoms with Gasteiger partial charge < -0.3 is 10.6 Å². The van der Waals surface area contributed by atoms with E-state index in [4.69, 9.17) is 11.6 Å². The number of anilines is 1. The number of benzene rings is 1. The molecule has 1 heterocycles. The van der Waals surface area contributed by atoms with Crippen molar-refractivity contribution in [2.24, 2.45) is 5.92 Å². The van der Waals surface area contributed by atoms with Crippen LogP contribution in [0.15, 0.2) is 30.3 Å². The smallest absolute Gasteiger partial charge is 0.225 e. The highest BCUT2D eigenvalue weighted by atomic mass is 35.5. The Kier molecular flexibility index (Phi) is 8.47. The summed E-state index contributed by atoms with van der Waals surface area (Å²) in [6.07, 6.45) is 2.06. The second kappa shape index (κ2) is 10.6. The van der Waals surface area contributed by atoms with Gasteiger partial charge in [-0.05, 0) is 37.0 Å². The van der Waals surface area contributed by atoms with Gasteiger partial charge in [0.05, 0.1) is 11.4 Å². The van der Waals surface area contributed by atoms with Gasteiger partial charge in [-0.3, -0.25) is 9.59 Å². The average Bonchev–Trinajstić information content (AvgIpc) is 3.05. The highest BCUT2D eigenvalue weighted by Crippen LogP contribution is 2.27. The maximum Gasteiger partial charge on any atom is 0.225 e. The van der Waals surface area contributed by atoms with E-state index in [2.05, 4.69) is 50.4 Å². The Hall–Kier alpha value is -2.34. The molecule has 2 aromatic rings. The molecule has 0 atom stereocenters. The highest BCUT2D eigenvalue weighted by Gasteiger charge is 2.21. The van der Waals surface area contributed by atoms with E-state index in [-0.39, 0.29) is 23.7 Å². The van der Waals surface area contributed by atoms with E-state index >= 15 is 0 Å². The van der Waals surface area contributed by atoms with E-state index in [0.717, 1.165) is 17.8 Å². The lowest BCUT2D eigenvalue weighted by Crippen LogP contribution is -2.25. The van der Waals surface area contributed by atoms with Crippen LogP contribution >= 0.6 is 11.6 Å². The Morgan fingerprint density at radius 3 is 2.47 bits per heavy atom. The molecule has 0 saturated carbocycles. The largest absolute Gasteiger partial charge is 0.356 e. The molecule has 0 bridgehead atoms. The third kappa shape index (κ3) is 7.48. The number of amides is 2. The number of hydrogen-bond acceptors (Lipinski definition) is 3. The first-order chi connectivity index (χ1) is 14.1. The quantitative estimate of drug-likeness (QED) is 0.579. The van der Waals surface area contributed by atoms with Crippen LogP contribution in [0.3, 0.4) is 0 Å². The topological polar surface area (TPSA) is 76.0 Å². The first-order valence-electron chi connectivity index (χ1n) is 10.5. The Bertz CT molecular complexity index is 868. The summed E-state index contributed by atoms with van der Waals surface area (Å²) in [7, 11) is 0. The van der Waals surface area contributed by atoms with E-state index in [1.807, 2.05) is 18.2 Å². The van der Waals surface area contributed by atoms with Crippen molar-refractivity contribution in [3.8, 4) is 5.69 Å². The number of nitrogens with zero attached hydrogens (tertiary/aromatic N) is 2. The molecule has 0 saturated heterocycles. The van der Waals surface area contributed by atoms with Crippen LogP contribution in [0.1, 0.15) is 66.0 Å². The fraction of sp³-hybridized carbons (Fsp3) is 0.522. The molecule has 2 N–H and O–H groups in total. The number of rotatable bonds is 9. The van der Waals surface area contributed by atoms with Crippen molar-refractivity contribution in [1.82, 2.24) is 15.1 Å². The van der Waals surface area contributed by atoms with Crippen LogP contribution < -0.4 is 10.6 Å². The molecule has 1 aromatic carbocycles. The molecule has 0 fully saturated rings. The average molecular weight is 433 g/mol. The zero-order valence-electron chi connectivity index (χ0n) is 18.6. The van der Waals surface area contributed by atoms with Gasteiger partial charge in [-0.2, -0.15) is 5.10 Å². The highest BCUT2D eigenvalue weighted by molar-refractivity contribution is 6.30. The molecule has 7 heteroatoms. The first kappa shape index (κ1) is 23.9. The Balaban J connectivity index is 2.00. The van der Waals surface area contributed by atoms with Crippen molar-refractivity contribution in [1.29, 1.82) is 0 Å². The zero-order chi connectivity index (χ0) is 22.3. The minimum Gasteiger partial charge on any atom is -0.356 e. The predicted molar refractivity (Wildman–Crippen MR) is 122 cm³/mol. The van der Waals surface area contributed by atoms with E-state index in [1.165, 1.54) is 0 Å². The molecule has 0 aliphatic heterocycles. The SMILES string of the molecule is CC(C)CCNC(=O)CCCC(=O)Nc1cc(C(C)(C)C)nn1-c1cccc(Cl)c1. The lowest BCUT2D eigenvalue weighted by molar-refractivity contribution is -0.121. The van der Waals surface area contributed by atoms with Crippen LogP contribution in [0.2, 0.25) is 5.02 Å². The summed E-state index contributed by atoms with van der Waals surface area (Å²) in [5.41, 5.74) is 1.47. The molecular formula is C23H33ClN4O2. The number of aromatic nitrogens is 2. The van der Waals surface area contributed by atoms with E-state index in [1.54, 1.807) is 16.8 Å². The first-order valence-corrected chi connectivity index (χ1v) is 10.9. The molecule has 0 unspecified atom stereocenters. The molecular weight excluding hydrogens is 400 g/mol. The fourth-order valence-electron chi connectivity index (χ4n) is 2.84.